The summed E-state index contributed by atoms with van der Waals surface area (Å²) in [6.07, 6.45) is 4.20. The minimum atomic E-state index is -2.88. The van der Waals surface area contributed by atoms with Crippen LogP contribution in [0.2, 0.25) is 0 Å². The van der Waals surface area contributed by atoms with E-state index in [4.69, 9.17) is 0 Å². The van der Waals surface area contributed by atoms with Gasteiger partial charge in [0.05, 0.1) is 29.4 Å². The zero-order valence-corrected chi connectivity index (χ0v) is 24.0. The zero-order valence-electron chi connectivity index (χ0n) is 23.2. The lowest BCUT2D eigenvalue weighted by molar-refractivity contribution is 0.102. The van der Waals surface area contributed by atoms with Gasteiger partial charge >= 0.3 is 0 Å². The van der Waals surface area contributed by atoms with Crippen LogP contribution in [0.4, 0.5) is 5.69 Å². The third-order valence-electron chi connectivity index (χ3n) is 8.04. The Balaban J connectivity index is 1.07. The molecule has 8 nitrogen and oxygen atoms in total. The summed E-state index contributed by atoms with van der Waals surface area (Å²) in [7, 11) is -2.88. The van der Waals surface area contributed by atoms with Crippen LogP contribution in [-0.2, 0) is 16.4 Å². The maximum atomic E-state index is 12.9. The fourth-order valence-corrected chi connectivity index (χ4v) is 6.87. The fourth-order valence-electron chi connectivity index (χ4n) is 5.60. The number of carbonyl (C=O) groups is 1. The van der Waals surface area contributed by atoms with Crippen molar-refractivity contribution in [1.82, 2.24) is 20.2 Å². The molecule has 0 bridgehead atoms. The number of H-pyrrole nitrogens is 1. The van der Waals surface area contributed by atoms with E-state index in [1.807, 2.05) is 54.7 Å². The van der Waals surface area contributed by atoms with Gasteiger partial charge in [0.15, 0.2) is 9.84 Å². The minimum Gasteiger partial charge on any atom is -0.341 e. The number of aromatic nitrogens is 2. The van der Waals surface area contributed by atoms with E-state index in [2.05, 4.69) is 50.6 Å². The Morgan fingerprint density at radius 1 is 1.00 bits per heavy atom. The van der Waals surface area contributed by atoms with Gasteiger partial charge in [-0.3, -0.25) is 9.69 Å². The summed E-state index contributed by atoms with van der Waals surface area (Å²) in [5.41, 5.74) is 7.86. The number of nitrogens with zero attached hydrogens (tertiary/aromatic N) is 2. The van der Waals surface area contributed by atoms with Gasteiger partial charge in [-0.15, -0.1) is 0 Å². The van der Waals surface area contributed by atoms with Crippen LogP contribution in [0.5, 0.6) is 0 Å². The number of amides is 1. The van der Waals surface area contributed by atoms with Crippen LogP contribution in [0.15, 0.2) is 72.9 Å². The van der Waals surface area contributed by atoms with Gasteiger partial charge in [-0.25, -0.2) is 13.4 Å². The molecular weight excluding hydrogens is 534 g/mol. The second kappa shape index (κ2) is 11.6. The Morgan fingerprint density at radius 3 is 2.41 bits per heavy atom. The standard InChI is InChI=1S/C32H35N5O3S/c1-22-19-26(30-20-34-31(36-30)29-3-2-14-33-29)10-13-28(22)24-6-8-25(9-7-24)32(38)35-27-11-4-23(5-12-27)21-37-15-17-41(39,40)18-16-37/h4-13,19-20,29,33H,2-3,14-18,21H2,1H3,(H,34,36)(H,35,38)/t29-/m0/s1. The first-order valence-corrected chi connectivity index (χ1v) is 16.0. The molecule has 2 fully saturated rings. The molecule has 2 aliphatic heterocycles. The minimum absolute atomic E-state index is 0.163. The average Bonchev–Trinajstić information content (AvgIpc) is 3.68. The summed E-state index contributed by atoms with van der Waals surface area (Å²) in [4.78, 5) is 23.1. The Kier molecular flexibility index (Phi) is 7.75. The Labute approximate surface area is 241 Å². The molecule has 41 heavy (non-hydrogen) atoms. The third-order valence-corrected chi connectivity index (χ3v) is 9.65. The molecule has 0 radical (unpaired) electrons. The Bertz CT molecular complexity index is 1630. The number of anilines is 1. The predicted octanol–water partition coefficient (Wildman–Crippen LogP) is 4.96. The van der Waals surface area contributed by atoms with Crippen LogP contribution < -0.4 is 10.6 Å². The smallest absolute Gasteiger partial charge is 0.255 e. The SMILES string of the molecule is Cc1cc(-c2cnc([C@@H]3CCCN3)[nH]2)ccc1-c1ccc(C(=O)Nc2ccc(CN3CCS(=O)(=O)CC3)cc2)cc1. The molecule has 1 amide bonds. The lowest BCUT2D eigenvalue weighted by Crippen LogP contribution is -2.39. The van der Waals surface area contributed by atoms with Crippen molar-refractivity contribution in [3.8, 4) is 22.4 Å². The van der Waals surface area contributed by atoms with E-state index in [9.17, 15) is 13.2 Å². The zero-order chi connectivity index (χ0) is 28.4. The highest BCUT2D eigenvalue weighted by Crippen LogP contribution is 2.30. The van der Waals surface area contributed by atoms with Crippen LogP contribution >= 0.6 is 0 Å². The van der Waals surface area contributed by atoms with Crippen molar-refractivity contribution in [2.75, 3.05) is 36.5 Å². The number of nitrogens with one attached hydrogen (secondary N) is 3. The summed E-state index contributed by atoms with van der Waals surface area (Å²) in [5.74, 6) is 1.27. The summed E-state index contributed by atoms with van der Waals surface area (Å²) in [5, 5.41) is 6.46. The summed E-state index contributed by atoms with van der Waals surface area (Å²) < 4.78 is 23.3. The molecular formula is C32H35N5O3S. The van der Waals surface area contributed by atoms with Crippen LogP contribution in [0, 0.1) is 6.92 Å². The number of rotatable bonds is 7. The first-order chi connectivity index (χ1) is 19.8. The largest absolute Gasteiger partial charge is 0.341 e. The summed E-state index contributed by atoms with van der Waals surface area (Å²) in [6, 6.07) is 22.1. The monoisotopic (exact) mass is 569 g/mol. The number of imidazole rings is 1. The molecule has 6 rings (SSSR count). The number of benzene rings is 3. The van der Waals surface area contributed by atoms with Crippen molar-refractivity contribution >= 4 is 21.4 Å². The van der Waals surface area contributed by atoms with Crippen LogP contribution in [-0.4, -0.2) is 60.3 Å². The normalized spacial score (nSPS) is 18.8. The molecule has 0 unspecified atom stereocenters. The van der Waals surface area contributed by atoms with E-state index in [0.717, 1.165) is 58.0 Å². The molecule has 0 aliphatic carbocycles. The van der Waals surface area contributed by atoms with Gasteiger partial charge in [0.1, 0.15) is 5.82 Å². The van der Waals surface area contributed by atoms with E-state index >= 15 is 0 Å². The lowest BCUT2D eigenvalue weighted by Gasteiger charge is -2.26. The maximum Gasteiger partial charge on any atom is 0.255 e. The predicted molar refractivity (Wildman–Crippen MR) is 163 cm³/mol. The van der Waals surface area contributed by atoms with Crippen LogP contribution in [0.3, 0.4) is 0 Å². The van der Waals surface area contributed by atoms with E-state index < -0.39 is 9.84 Å². The third kappa shape index (κ3) is 6.43. The highest BCUT2D eigenvalue weighted by Gasteiger charge is 2.22. The number of sulfone groups is 1. The highest BCUT2D eigenvalue weighted by atomic mass is 32.2. The van der Waals surface area contributed by atoms with Crippen molar-refractivity contribution < 1.29 is 13.2 Å². The number of hydrogen-bond acceptors (Lipinski definition) is 6. The fraction of sp³-hybridized carbons (Fsp3) is 0.312. The van der Waals surface area contributed by atoms with E-state index in [-0.39, 0.29) is 17.4 Å². The molecule has 3 aromatic carbocycles. The van der Waals surface area contributed by atoms with E-state index in [0.29, 0.717) is 31.2 Å². The number of carbonyl (C=O) groups excluding carboxylic acids is 1. The van der Waals surface area contributed by atoms with Crippen molar-refractivity contribution in [2.45, 2.75) is 32.4 Å². The van der Waals surface area contributed by atoms with Crippen LogP contribution in [0.1, 0.15) is 46.2 Å². The lowest BCUT2D eigenvalue weighted by atomic mass is 9.97. The molecule has 0 spiro atoms. The van der Waals surface area contributed by atoms with E-state index in [1.165, 1.54) is 6.42 Å². The maximum absolute atomic E-state index is 12.9. The topological polar surface area (TPSA) is 107 Å². The Hall–Kier alpha value is -3.79. The van der Waals surface area contributed by atoms with Gasteiger partial charge in [-0.05, 0) is 84.5 Å². The number of aromatic amines is 1. The van der Waals surface area contributed by atoms with Crippen LogP contribution in [0.25, 0.3) is 22.4 Å². The quantitative estimate of drug-likeness (QED) is 0.291. The molecule has 212 valence electrons. The molecule has 3 heterocycles. The molecule has 9 heteroatoms. The van der Waals surface area contributed by atoms with Gasteiger partial charge in [-0.2, -0.15) is 0 Å². The van der Waals surface area contributed by atoms with Crippen molar-refractivity contribution in [2.24, 2.45) is 0 Å². The van der Waals surface area contributed by atoms with Gasteiger partial charge < -0.3 is 15.6 Å². The van der Waals surface area contributed by atoms with Gasteiger partial charge in [0, 0.05) is 30.9 Å². The Morgan fingerprint density at radius 2 is 1.73 bits per heavy atom. The second-order valence-electron chi connectivity index (χ2n) is 11.0. The van der Waals surface area contributed by atoms with E-state index in [1.54, 1.807) is 0 Å². The number of hydrogen-bond donors (Lipinski definition) is 3. The molecule has 3 N–H and O–H groups in total. The molecule has 0 saturated carbocycles. The second-order valence-corrected chi connectivity index (χ2v) is 13.3. The van der Waals surface area contributed by atoms with Crippen molar-refractivity contribution in [1.29, 1.82) is 0 Å². The first-order valence-electron chi connectivity index (χ1n) is 14.2. The summed E-state index contributed by atoms with van der Waals surface area (Å²) in [6.45, 7) is 4.96. The highest BCUT2D eigenvalue weighted by molar-refractivity contribution is 7.91. The molecule has 1 atom stereocenters. The van der Waals surface area contributed by atoms with Crippen molar-refractivity contribution in [3.63, 3.8) is 0 Å². The molecule has 4 aromatic rings. The summed E-state index contributed by atoms with van der Waals surface area (Å²) >= 11 is 0. The molecule has 2 aliphatic rings. The molecule has 1 aromatic heterocycles. The van der Waals surface area contributed by atoms with Crippen molar-refractivity contribution in [3.05, 3.63) is 95.4 Å². The average molecular weight is 570 g/mol. The number of aryl methyl sites for hydroxylation is 1. The molecule has 2 saturated heterocycles. The van der Waals surface area contributed by atoms with Gasteiger partial charge in [-0.1, -0.05) is 36.4 Å². The van der Waals surface area contributed by atoms with Gasteiger partial charge in [0.25, 0.3) is 5.91 Å². The first kappa shape index (κ1) is 27.4. The van der Waals surface area contributed by atoms with Gasteiger partial charge in [0.2, 0.25) is 0 Å².